The number of amides is 2. The highest BCUT2D eigenvalue weighted by atomic mass is 32.2. The number of hydrogen-bond acceptors (Lipinski definition) is 7. The Balaban J connectivity index is 1.13. The molecule has 2 saturated heterocycles. The van der Waals surface area contributed by atoms with E-state index in [1.807, 2.05) is 41.0 Å². The van der Waals surface area contributed by atoms with Crippen molar-refractivity contribution in [1.82, 2.24) is 19.8 Å². The van der Waals surface area contributed by atoms with Crippen molar-refractivity contribution in [2.24, 2.45) is 28.8 Å². The van der Waals surface area contributed by atoms with Gasteiger partial charge < -0.3 is 14.5 Å². The summed E-state index contributed by atoms with van der Waals surface area (Å²) in [6, 6.07) is 12.1. The van der Waals surface area contributed by atoms with Crippen molar-refractivity contribution in [2.75, 3.05) is 32.8 Å². The first-order valence-electron chi connectivity index (χ1n) is 12.3. The van der Waals surface area contributed by atoms with Crippen LogP contribution in [0.4, 0.5) is 0 Å². The van der Waals surface area contributed by atoms with E-state index in [9.17, 15) is 18.0 Å². The van der Waals surface area contributed by atoms with Crippen LogP contribution in [0.2, 0.25) is 0 Å². The van der Waals surface area contributed by atoms with Gasteiger partial charge in [-0.15, -0.1) is 0 Å². The summed E-state index contributed by atoms with van der Waals surface area (Å²) in [6.07, 6.45) is 1.26. The largest absolute Gasteiger partial charge is 0.493 e. The van der Waals surface area contributed by atoms with Crippen LogP contribution in [0.5, 0.6) is 5.75 Å². The van der Waals surface area contributed by atoms with Crippen LogP contribution < -0.4 is 9.88 Å². The van der Waals surface area contributed by atoms with Crippen molar-refractivity contribution in [3.8, 4) is 5.75 Å². The van der Waals surface area contributed by atoms with Gasteiger partial charge in [0.2, 0.25) is 0 Å². The SMILES string of the molecule is CCOc1cc(C(=O)N2C[C@@H]3[C@H]4CN(C(=O)c5ccc(S(N)(=O)=O)nc5)C[C@H]4[C@@H]3C2)nc2ccccc12. The molecule has 2 aliphatic heterocycles. The topological polar surface area (TPSA) is 136 Å². The first-order valence-corrected chi connectivity index (χ1v) is 13.9. The van der Waals surface area contributed by atoms with Crippen LogP contribution in [0, 0.1) is 23.7 Å². The van der Waals surface area contributed by atoms with Gasteiger partial charge in [-0.1, -0.05) is 12.1 Å². The van der Waals surface area contributed by atoms with Gasteiger partial charge in [-0.05, 0) is 54.9 Å². The van der Waals surface area contributed by atoms with Crippen molar-refractivity contribution in [3.63, 3.8) is 0 Å². The monoisotopic (exact) mass is 521 g/mol. The Morgan fingerprint density at radius 2 is 1.59 bits per heavy atom. The molecule has 0 bridgehead atoms. The van der Waals surface area contributed by atoms with E-state index in [0.717, 1.165) is 10.9 Å². The fraction of sp³-hybridized carbons (Fsp3) is 0.385. The molecule has 0 unspecified atom stereocenters. The fourth-order valence-corrected chi connectivity index (χ4v) is 6.71. The van der Waals surface area contributed by atoms with Gasteiger partial charge in [0.15, 0.2) is 5.03 Å². The molecule has 2 N–H and O–H groups in total. The quantitative estimate of drug-likeness (QED) is 0.540. The normalized spacial score (nSPS) is 24.5. The average Bonchev–Trinajstić information content (AvgIpc) is 3.46. The summed E-state index contributed by atoms with van der Waals surface area (Å²) in [4.78, 5) is 38.6. The van der Waals surface area contributed by atoms with Gasteiger partial charge in [-0.2, -0.15) is 0 Å². The highest BCUT2D eigenvalue weighted by molar-refractivity contribution is 7.89. The number of para-hydroxylation sites is 1. The number of rotatable bonds is 5. The Morgan fingerprint density at radius 3 is 2.16 bits per heavy atom. The molecule has 2 aromatic heterocycles. The van der Waals surface area contributed by atoms with Crippen LogP contribution in [0.1, 0.15) is 27.8 Å². The molecule has 3 fully saturated rings. The zero-order valence-corrected chi connectivity index (χ0v) is 21.1. The maximum Gasteiger partial charge on any atom is 0.272 e. The van der Waals surface area contributed by atoms with Gasteiger partial charge in [0.25, 0.3) is 21.8 Å². The smallest absolute Gasteiger partial charge is 0.272 e. The summed E-state index contributed by atoms with van der Waals surface area (Å²) in [5.41, 5.74) is 1.46. The number of aromatic nitrogens is 2. The lowest BCUT2D eigenvalue weighted by atomic mass is 9.60. The average molecular weight is 522 g/mol. The van der Waals surface area contributed by atoms with Crippen LogP contribution in [0.3, 0.4) is 0 Å². The first-order chi connectivity index (χ1) is 17.7. The molecule has 1 aromatic carbocycles. The molecule has 11 heteroatoms. The summed E-state index contributed by atoms with van der Waals surface area (Å²) in [5, 5.41) is 5.71. The summed E-state index contributed by atoms with van der Waals surface area (Å²) < 4.78 is 28.6. The van der Waals surface area contributed by atoms with E-state index in [2.05, 4.69) is 9.97 Å². The zero-order chi connectivity index (χ0) is 25.9. The molecular formula is C26H27N5O5S. The van der Waals surface area contributed by atoms with Crippen LogP contribution in [0.15, 0.2) is 53.7 Å². The number of ether oxygens (including phenoxy) is 1. The molecule has 0 radical (unpaired) electrons. The molecule has 192 valence electrons. The Bertz CT molecular complexity index is 1490. The van der Waals surface area contributed by atoms with Crippen molar-refractivity contribution in [2.45, 2.75) is 11.9 Å². The number of nitrogens with zero attached hydrogens (tertiary/aromatic N) is 4. The van der Waals surface area contributed by atoms with Crippen LogP contribution in [-0.2, 0) is 10.0 Å². The number of carbonyl (C=O) groups excluding carboxylic acids is 2. The number of primary sulfonamides is 1. The Hall–Kier alpha value is -3.57. The summed E-state index contributed by atoms with van der Waals surface area (Å²) in [5.74, 6) is 1.78. The number of likely N-dealkylation sites (tertiary alicyclic amines) is 2. The van der Waals surface area contributed by atoms with E-state index in [4.69, 9.17) is 9.88 Å². The van der Waals surface area contributed by atoms with E-state index in [1.165, 1.54) is 18.3 Å². The summed E-state index contributed by atoms with van der Waals surface area (Å²) >= 11 is 0. The molecule has 4 atom stereocenters. The van der Waals surface area contributed by atoms with E-state index in [0.29, 0.717) is 73.5 Å². The lowest BCUT2D eigenvalue weighted by Crippen LogP contribution is -2.44. The second-order valence-corrected chi connectivity index (χ2v) is 11.5. The number of benzene rings is 1. The van der Waals surface area contributed by atoms with Gasteiger partial charge in [-0.3, -0.25) is 9.59 Å². The van der Waals surface area contributed by atoms with Gasteiger partial charge in [0.1, 0.15) is 11.4 Å². The summed E-state index contributed by atoms with van der Waals surface area (Å²) in [6.45, 7) is 4.95. The van der Waals surface area contributed by atoms with Crippen LogP contribution in [0.25, 0.3) is 10.9 Å². The van der Waals surface area contributed by atoms with Crippen molar-refractivity contribution < 1.29 is 22.7 Å². The number of fused-ring (bicyclic) bond motifs is 5. The van der Waals surface area contributed by atoms with Gasteiger partial charge in [0, 0.05) is 43.8 Å². The molecule has 10 nitrogen and oxygen atoms in total. The lowest BCUT2D eigenvalue weighted by molar-refractivity contribution is 0.0629. The number of hydrogen-bond donors (Lipinski definition) is 1. The number of nitrogens with two attached hydrogens (primary N) is 1. The second-order valence-electron chi connectivity index (χ2n) is 9.96. The predicted octanol–water partition coefficient (Wildman–Crippen LogP) is 1.77. The number of carbonyl (C=O) groups is 2. The molecule has 1 saturated carbocycles. The minimum atomic E-state index is -3.91. The van der Waals surface area contributed by atoms with E-state index >= 15 is 0 Å². The molecule has 0 spiro atoms. The molecule has 3 aromatic rings. The maximum absolute atomic E-state index is 13.4. The second kappa shape index (κ2) is 8.77. The molecule has 3 aliphatic rings. The highest BCUT2D eigenvalue weighted by Gasteiger charge is 2.59. The lowest BCUT2D eigenvalue weighted by Gasteiger charge is -2.42. The van der Waals surface area contributed by atoms with Crippen molar-refractivity contribution >= 4 is 32.7 Å². The van der Waals surface area contributed by atoms with Gasteiger partial charge in [-0.25, -0.2) is 23.5 Å². The van der Waals surface area contributed by atoms with Gasteiger partial charge in [0.05, 0.1) is 17.7 Å². The van der Waals surface area contributed by atoms with E-state index < -0.39 is 10.0 Å². The predicted molar refractivity (Wildman–Crippen MR) is 134 cm³/mol. The fourth-order valence-electron chi connectivity index (χ4n) is 6.25. The van der Waals surface area contributed by atoms with Crippen LogP contribution >= 0.6 is 0 Å². The molecule has 1 aliphatic carbocycles. The minimum absolute atomic E-state index is 0.0897. The Morgan fingerprint density at radius 1 is 0.973 bits per heavy atom. The molecule has 4 heterocycles. The van der Waals surface area contributed by atoms with Gasteiger partial charge >= 0.3 is 0 Å². The Labute approximate surface area is 214 Å². The maximum atomic E-state index is 13.4. The molecule has 6 rings (SSSR count). The molecule has 2 amide bonds. The van der Waals surface area contributed by atoms with Crippen molar-refractivity contribution in [1.29, 1.82) is 0 Å². The van der Waals surface area contributed by atoms with Crippen LogP contribution in [-0.4, -0.2) is 72.8 Å². The minimum Gasteiger partial charge on any atom is -0.493 e. The van der Waals surface area contributed by atoms with E-state index in [1.54, 1.807) is 6.07 Å². The third-order valence-corrected chi connectivity index (χ3v) is 8.80. The molecular weight excluding hydrogens is 494 g/mol. The van der Waals surface area contributed by atoms with Crippen molar-refractivity contribution in [3.05, 3.63) is 59.9 Å². The third-order valence-electron chi connectivity index (χ3n) is 7.97. The Kier molecular flexibility index (Phi) is 5.64. The molecule has 37 heavy (non-hydrogen) atoms. The first kappa shape index (κ1) is 23.8. The number of sulfonamides is 1. The number of pyridine rings is 2. The third kappa shape index (κ3) is 4.02. The summed E-state index contributed by atoms with van der Waals surface area (Å²) in [7, 11) is -3.91. The van der Waals surface area contributed by atoms with E-state index in [-0.39, 0.29) is 16.8 Å². The standard InChI is InChI=1S/C26H27N5O5S/c1-2-36-23-9-22(29-21-6-4-3-5-16(21)23)26(33)31-13-19-17-11-30(12-18(17)20(19)14-31)25(32)15-7-8-24(28-10-15)37(27,34)35/h3-10,17-20H,2,11-14H2,1H3,(H2,27,34,35)/t17-,18+,19+,20-. The highest BCUT2D eigenvalue weighted by Crippen LogP contribution is 2.54. The zero-order valence-electron chi connectivity index (χ0n) is 20.3.